The van der Waals surface area contributed by atoms with Crippen LogP contribution in [0.25, 0.3) is 0 Å². The van der Waals surface area contributed by atoms with Crippen LogP contribution in [0, 0.1) is 18.6 Å². The van der Waals surface area contributed by atoms with Crippen molar-refractivity contribution in [3.05, 3.63) is 69.7 Å². The molecular formula is C21H20F2N4O3S2. The van der Waals surface area contributed by atoms with Crippen molar-refractivity contribution in [1.29, 1.82) is 0 Å². The average Bonchev–Trinajstić information content (AvgIpc) is 3.27. The number of anilines is 1. The minimum atomic E-state index is -3.81. The molecular weight excluding hydrogens is 458 g/mol. The van der Waals surface area contributed by atoms with E-state index < -0.39 is 27.6 Å². The van der Waals surface area contributed by atoms with Crippen molar-refractivity contribution >= 4 is 33.0 Å². The van der Waals surface area contributed by atoms with Gasteiger partial charge in [-0.1, -0.05) is 29.5 Å². The van der Waals surface area contributed by atoms with Crippen LogP contribution in [0.15, 0.2) is 47.4 Å². The average molecular weight is 479 g/mol. The van der Waals surface area contributed by atoms with Gasteiger partial charge in [-0.3, -0.25) is 4.79 Å². The molecule has 11 heteroatoms. The number of halogens is 2. The maximum Gasteiger partial charge on any atom is 0.286 e. The second-order valence-electron chi connectivity index (χ2n) is 7.47. The zero-order chi connectivity index (χ0) is 22.9. The van der Waals surface area contributed by atoms with Crippen molar-refractivity contribution in [3.63, 3.8) is 0 Å². The van der Waals surface area contributed by atoms with Crippen LogP contribution in [0.4, 0.5) is 14.5 Å². The molecule has 7 nitrogen and oxygen atoms in total. The second kappa shape index (κ2) is 9.00. The number of rotatable bonds is 5. The predicted molar refractivity (Wildman–Crippen MR) is 116 cm³/mol. The summed E-state index contributed by atoms with van der Waals surface area (Å²) in [6, 6.07) is 9.55. The first-order valence-electron chi connectivity index (χ1n) is 9.91. The molecule has 0 spiro atoms. The quantitative estimate of drug-likeness (QED) is 0.600. The van der Waals surface area contributed by atoms with Gasteiger partial charge >= 0.3 is 0 Å². The summed E-state index contributed by atoms with van der Waals surface area (Å²) in [4.78, 5) is 12.3. The molecule has 3 aromatic rings. The Morgan fingerprint density at radius 2 is 1.84 bits per heavy atom. The van der Waals surface area contributed by atoms with Gasteiger partial charge in [-0.15, -0.1) is 10.2 Å². The molecule has 0 bridgehead atoms. The first kappa shape index (κ1) is 22.4. The molecule has 2 aromatic carbocycles. The molecule has 1 saturated heterocycles. The van der Waals surface area contributed by atoms with Gasteiger partial charge in [0, 0.05) is 19.0 Å². The van der Waals surface area contributed by atoms with Gasteiger partial charge in [0.15, 0.2) is 0 Å². The number of aryl methyl sites for hydroxylation is 1. The number of aromatic nitrogens is 2. The molecule has 0 radical (unpaired) electrons. The lowest BCUT2D eigenvalue weighted by Crippen LogP contribution is -2.38. The zero-order valence-corrected chi connectivity index (χ0v) is 18.7. The third-order valence-corrected chi connectivity index (χ3v) is 8.45. The number of hydrogen-bond acceptors (Lipinski definition) is 6. The van der Waals surface area contributed by atoms with E-state index in [0.29, 0.717) is 23.4 Å². The summed E-state index contributed by atoms with van der Waals surface area (Å²) >= 11 is 1.11. The lowest BCUT2D eigenvalue weighted by Gasteiger charge is -2.30. The fourth-order valence-corrected chi connectivity index (χ4v) is 6.18. The third-order valence-electron chi connectivity index (χ3n) is 5.33. The number of benzene rings is 2. The molecule has 1 fully saturated rings. The Bertz CT molecular complexity index is 1260. The highest BCUT2D eigenvalue weighted by molar-refractivity contribution is 7.89. The Balaban J connectivity index is 1.42. The minimum absolute atomic E-state index is 0.0287. The van der Waals surface area contributed by atoms with Crippen LogP contribution in [0.2, 0.25) is 0 Å². The van der Waals surface area contributed by atoms with E-state index >= 15 is 0 Å². The van der Waals surface area contributed by atoms with Crippen LogP contribution >= 0.6 is 11.3 Å². The SMILES string of the molecule is Cc1ccc(F)cc1S(=O)(=O)N1CCC(c2nnc(C(=O)Nc3ccccc3F)s2)CC1. The molecule has 1 aliphatic rings. The summed E-state index contributed by atoms with van der Waals surface area (Å²) in [5.74, 6) is -1.75. The summed E-state index contributed by atoms with van der Waals surface area (Å²) < 4.78 is 54.6. The van der Waals surface area contributed by atoms with Gasteiger partial charge in [-0.05, 0) is 49.6 Å². The topological polar surface area (TPSA) is 92.3 Å². The molecule has 1 amide bonds. The van der Waals surface area contributed by atoms with Gasteiger partial charge in [0.2, 0.25) is 15.0 Å². The number of para-hydroxylation sites is 1. The normalized spacial score (nSPS) is 15.6. The monoisotopic (exact) mass is 478 g/mol. The van der Waals surface area contributed by atoms with Crippen LogP contribution in [0.5, 0.6) is 0 Å². The minimum Gasteiger partial charge on any atom is -0.317 e. The molecule has 4 rings (SSSR count). The molecule has 168 valence electrons. The second-order valence-corrected chi connectivity index (χ2v) is 10.4. The van der Waals surface area contributed by atoms with E-state index in [9.17, 15) is 22.0 Å². The fourth-order valence-electron chi connectivity index (χ4n) is 3.56. The van der Waals surface area contributed by atoms with E-state index in [0.717, 1.165) is 17.4 Å². The van der Waals surface area contributed by atoms with Crippen LogP contribution in [0.3, 0.4) is 0 Å². The summed E-state index contributed by atoms with van der Waals surface area (Å²) in [5.41, 5.74) is 0.545. The van der Waals surface area contributed by atoms with Gasteiger partial charge in [0.05, 0.1) is 10.6 Å². The molecule has 0 saturated carbocycles. The Hall–Kier alpha value is -2.76. The maximum atomic E-state index is 13.7. The van der Waals surface area contributed by atoms with Crippen molar-refractivity contribution in [2.75, 3.05) is 18.4 Å². The first-order chi connectivity index (χ1) is 15.3. The Labute approximate surface area is 188 Å². The number of carbonyl (C=O) groups is 1. The van der Waals surface area contributed by atoms with Crippen LogP contribution in [-0.2, 0) is 10.0 Å². The molecule has 32 heavy (non-hydrogen) atoms. The lowest BCUT2D eigenvalue weighted by molar-refractivity contribution is 0.102. The Morgan fingerprint density at radius 1 is 1.12 bits per heavy atom. The molecule has 1 N–H and O–H groups in total. The van der Waals surface area contributed by atoms with E-state index in [1.807, 2.05) is 0 Å². The van der Waals surface area contributed by atoms with E-state index in [1.165, 1.54) is 34.6 Å². The molecule has 0 unspecified atom stereocenters. The Kier molecular flexibility index (Phi) is 6.31. The number of piperidine rings is 1. The molecule has 1 aromatic heterocycles. The van der Waals surface area contributed by atoms with Crippen molar-refractivity contribution in [1.82, 2.24) is 14.5 Å². The van der Waals surface area contributed by atoms with Gasteiger partial charge in [-0.2, -0.15) is 4.31 Å². The standard InChI is InChI=1S/C21H20F2N4O3S2/c1-13-6-7-15(22)12-18(13)32(29,30)27-10-8-14(9-11-27)20-25-26-21(31-20)19(28)24-17-5-3-2-4-16(17)23/h2-7,12,14H,8-11H2,1H3,(H,24,28). The van der Waals surface area contributed by atoms with Crippen molar-refractivity contribution in [2.45, 2.75) is 30.6 Å². The van der Waals surface area contributed by atoms with E-state index in [4.69, 9.17) is 0 Å². The van der Waals surface area contributed by atoms with Crippen molar-refractivity contribution < 1.29 is 22.0 Å². The number of sulfonamides is 1. The molecule has 0 atom stereocenters. The van der Waals surface area contributed by atoms with Crippen LogP contribution in [-0.4, -0.2) is 41.9 Å². The van der Waals surface area contributed by atoms with Gasteiger partial charge < -0.3 is 5.32 Å². The van der Waals surface area contributed by atoms with E-state index in [1.54, 1.807) is 13.0 Å². The highest BCUT2D eigenvalue weighted by Crippen LogP contribution is 2.33. The highest BCUT2D eigenvalue weighted by Gasteiger charge is 2.32. The van der Waals surface area contributed by atoms with Crippen molar-refractivity contribution in [2.24, 2.45) is 0 Å². The first-order valence-corrected chi connectivity index (χ1v) is 12.2. The smallest absolute Gasteiger partial charge is 0.286 e. The van der Waals surface area contributed by atoms with Gasteiger partial charge in [0.25, 0.3) is 5.91 Å². The summed E-state index contributed by atoms with van der Waals surface area (Å²) in [6.07, 6.45) is 0.994. The number of hydrogen-bond donors (Lipinski definition) is 1. The third kappa shape index (κ3) is 4.54. The van der Waals surface area contributed by atoms with Crippen molar-refractivity contribution in [3.8, 4) is 0 Å². The van der Waals surface area contributed by atoms with Gasteiger partial charge in [0.1, 0.15) is 16.6 Å². The summed E-state index contributed by atoms with van der Waals surface area (Å²) in [6.45, 7) is 2.13. The maximum absolute atomic E-state index is 13.7. The number of nitrogens with one attached hydrogen (secondary N) is 1. The van der Waals surface area contributed by atoms with E-state index in [2.05, 4.69) is 15.5 Å². The lowest BCUT2D eigenvalue weighted by atomic mass is 9.99. The molecule has 1 aliphatic heterocycles. The molecule has 0 aliphatic carbocycles. The number of nitrogens with zero attached hydrogens (tertiary/aromatic N) is 3. The zero-order valence-electron chi connectivity index (χ0n) is 17.1. The van der Waals surface area contributed by atoms with Gasteiger partial charge in [-0.25, -0.2) is 17.2 Å². The highest BCUT2D eigenvalue weighted by atomic mass is 32.2. The molecule has 2 heterocycles. The number of carbonyl (C=O) groups excluding carboxylic acids is 1. The largest absolute Gasteiger partial charge is 0.317 e. The summed E-state index contributed by atoms with van der Waals surface area (Å²) in [5, 5.41) is 11.2. The summed E-state index contributed by atoms with van der Waals surface area (Å²) in [7, 11) is -3.81. The van der Waals surface area contributed by atoms with Crippen LogP contribution < -0.4 is 5.32 Å². The Morgan fingerprint density at radius 3 is 2.56 bits per heavy atom. The predicted octanol–water partition coefficient (Wildman–Crippen LogP) is 3.95. The number of amides is 1. The fraction of sp³-hybridized carbons (Fsp3) is 0.286. The van der Waals surface area contributed by atoms with E-state index in [-0.39, 0.29) is 34.6 Å². The van der Waals surface area contributed by atoms with Crippen LogP contribution in [0.1, 0.15) is 39.1 Å².